The maximum absolute atomic E-state index is 14.3. The van der Waals surface area contributed by atoms with E-state index in [-0.39, 0.29) is 11.6 Å². The van der Waals surface area contributed by atoms with E-state index < -0.39 is 0 Å². The summed E-state index contributed by atoms with van der Waals surface area (Å²) in [5.41, 5.74) is 2.81. The van der Waals surface area contributed by atoms with E-state index in [1.54, 1.807) is 0 Å². The molecule has 0 saturated carbocycles. The Labute approximate surface area is 251 Å². The summed E-state index contributed by atoms with van der Waals surface area (Å²) in [7, 11) is 0. The van der Waals surface area contributed by atoms with Gasteiger partial charge in [-0.2, -0.15) is 0 Å². The van der Waals surface area contributed by atoms with Gasteiger partial charge in [0.15, 0.2) is 11.6 Å². The molecule has 0 aliphatic heterocycles. The number of rotatable bonds is 4. The Morgan fingerprint density at radius 1 is 0.318 bits per heavy atom. The molecule has 44 heavy (non-hydrogen) atoms. The van der Waals surface area contributed by atoms with Crippen molar-refractivity contribution in [1.82, 2.24) is 0 Å². The highest BCUT2D eigenvalue weighted by molar-refractivity contribution is 6.47. The van der Waals surface area contributed by atoms with E-state index >= 15 is 0 Å². The highest BCUT2D eigenvalue weighted by atomic mass is 16.1. The highest BCUT2D eigenvalue weighted by Gasteiger charge is 2.26. The van der Waals surface area contributed by atoms with E-state index in [4.69, 9.17) is 0 Å². The molecule has 0 bridgehead atoms. The largest absolute Gasteiger partial charge is 0.289 e. The van der Waals surface area contributed by atoms with E-state index in [0.29, 0.717) is 16.7 Å². The Morgan fingerprint density at radius 2 is 0.773 bits per heavy atom. The summed E-state index contributed by atoms with van der Waals surface area (Å²) in [5.74, 6) is 0.0524. The van der Waals surface area contributed by atoms with Crippen molar-refractivity contribution >= 4 is 87.0 Å². The highest BCUT2D eigenvalue weighted by Crippen LogP contribution is 2.50. The summed E-state index contributed by atoms with van der Waals surface area (Å²) in [6.45, 7) is 0. The molecule has 0 radical (unpaired) electrons. The minimum absolute atomic E-state index is 0.0251. The first kappa shape index (κ1) is 23.7. The topological polar surface area (TPSA) is 34.1 Å². The van der Waals surface area contributed by atoms with Crippen LogP contribution in [0.5, 0.6) is 0 Å². The molecule has 0 N–H and O–H groups in total. The van der Waals surface area contributed by atoms with E-state index in [9.17, 15) is 9.59 Å². The van der Waals surface area contributed by atoms with Gasteiger partial charge in [0.1, 0.15) is 0 Å². The zero-order valence-corrected chi connectivity index (χ0v) is 23.5. The molecule has 0 aromatic heterocycles. The molecule has 0 aliphatic carbocycles. The predicted molar refractivity (Wildman–Crippen MR) is 182 cm³/mol. The molecule has 202 valence electrons. The van der Waals surface area contributed by atoms with Gasteiger partial charge in [-0.05, 0) is 93.6 Å². The lowest BCUT2D eigenvalue weighted by Crippen LogP contribution is -2.05. The van der Waals surface area contributed by atoms with Gasteiger partial charge in [-0.1, -0.05) is 115 Å². The van der Waals surface area contributed by atoms with Crippen molar-refractivity contribution in [2.75, 3.05) is 0 Å². The molecule has 10 rings (SSSR count). The molecule has 0 saturated heterocycles. The van der Waals surface area contributed by atoms with Crippen LogP contribution < -0.4 is 0 Å². The van der Waals surface area contributed by atoms with Gasteiger partial charge >= 0.3 is 0 Å². The number of benzene rings is 10. The monoisotopic (exact) mass is 558 g/mol. The van der Waals surface area contributed by atoms with E-state index in [1.165, 1.54) is 0 Å². The quantitative estimate of drug-likeness (QED) is 0.122. The maximum atomic E-state index is 14.3. The Kier molecular flexibility index (Phi) is 4.50. The summed E-state index contributed by atoms with van der Waals surface area (Å²) in [4.78, 5) is 28.2. The second-order valence-electron chi connectivity index (χ2n) is 11.9. The Balaban J connectivity index is 1.34. The van der Waals surface area contributed by atoms with Crippen LogP contribution in [0, 0.1) is 0 Å². The van der Waals surface area contributed by atoms with Gasteiger partial charge < -0.3 is 0 Å². The molecule has 10 aromatic carbocycles. The number of carbonyl (C=O) groups excluding carboxylic acids is 2. The molecule has 0 aliphatic rings. The van der Waals surface area contributed by atoms with E-state index in [1.807, 2.05) is 60.7 Å². The molecular formula is C42H22O2. The lowest BCUT2D eigenvalue weighted by Gasteiger charge is -2.23. The van der Waals surface area contributed by atoms with Gasteiger partial charge in [0.25, 0.3) is 0 Å². The van der Waals surface area contributed by atoms with Crippen molar-refractivity contribution < 1.29 is 9.59 Å². The van der Waals surface area contributed by atoms with Gasteiger partial charge in [-0.3, -0.25) is 9.59 Å². The third kappa shape index (κ3) is 2.99. The van der Waals surface area contributed by atoms with Crippen LogP contribution in [0.15, 0.2) is 133 Å². The first-order valence-electron chi connectivity index (χ1n) is 14.9. The number of carbonyl (C=O) groups is 2. The molecule has 2 nitrogen and oxygen atoms in total. The molecule has 0 atom stereocenters. The van der Waals surface area contributed by atoms with Crippen molar-refractivity contribution in [3.63, 3.8) is 0 Å². The lowest BCUT2D eigenvalue weighted by molar-refractivity contribution is 0.103. The molecule has 0 amide bonds. The summed E-state index contributed by atoms with van der Waals surface area (Å²) >= 11 is 0. The van der Waals surface area contributed by atoms with E-state index in [2.05, 4.69) is 72.8 Å². The van der Waals surface area contributed by atoms with Crippen molar-refractivity contribution in [3.05, 3.63) is 156 Å². The third-order valence-electron chi connectivity index (χ3n) is 9.65. The maximum Gasteiger partial charge on any atom is 0.193 e. The van der Waals surface area contributed by atoms with Crippen molar-refractivity contribution in [2.24, 2.45) is 0 Å². The summed E-state index contributed by atoms with van der Waals surface area (Å²) < 4.78 is 0. The fourth-order valence-electron chi connectivity index (χ4n) is 7.69. The van der Waals surface area contributed by atoms with Crippen LogP contribution in [-0.2, 0) is 0 Å². The number of fused-ring (bicyclic) bond motifs is 1. The Hall–Kier alpha value is -5.86. The van der Waals surface area contributed by atoms with Gasteiger partial charge in [-0.25, -0.2) is 0 Å². The smallest absolute Gasteiger partial charge is 0.193 e. The number of hydrogen-bond acceptors (Lipinski definition) is 2. The second kappa shape index (κ2) is 8.37. The Bertz CT molecular complexity index is 2770. The van der Waals surface area contributed by atoms with Crippen LogP contribution in [-0.4, -0.2) is 11.6 Å². The molecule has 2 heteroatoms. The Morgan fingerprint density at radius 3 is 1.39 bits per heavy atom. The van der Waals surface area contributed by atoms with E-state index in [0.717, 1.165) is 81.0 Å². The minimum Gasteiger partial charge on any atom is -0.289 e. The van der Waals surface area contributed by atoms with Crippen molar-refractivity contribution in [3.8, 4) is 0 Å². The zero-order valence-electron chi connectivity index (χ0n) is 23.5. The molecular weight excluding hydrogens is 536 g/mol. The standard InChI is InChI=1S/C42H22O2/c43-41(26-7-2-1-3-8-26)33-21-28-13-11-25-17-19-32-34(42(44)30-15-10-23-6-4-5-9-27(23)20-30)22-29-14-12-24-16-18-31(33)39-35(24)38(29)40(32)36(25)37(28)39/h1-22H. The fraction of sp³-hybridized carbons (Fsp3) is 0. The van der Waals surface area contributed by atoms with Crippen LogP contribution in [0.3, 0.4) is 0 Å². The fourth-order valence-corrected chi connectivity index (χ4v) is 7.69. The van der Waals surface area contributed by atoms with Crippen molar-refractivity contribution in [1.29, 1.82) is 0 Å². The second-order valence-corrected chi connectivity index (χ2v) is 11.9. The van der Waals surface area contributed by atoms with Gasteiger partial charge in [0.05, 0.1) is 0 Å². The molecule has 0 heterocycles. The van der Waals surface area contributed by atoms with Crippen LogP contribution >= 0.6 is 0 Å². The first-order chi connectivity index (χ1) is 21.7. The third-order valence-corrected chi connectivity index (χ3v) is 9.65. The molecule has 0 spiro atoms. The molecule has 0 unspecified atom stereocenters. The van der Waals surface area contributed by atoms with Gasteiger partial charge in [-0.15, -0.1) is 0 Å². The summed E-state index contributed by atoms with van der Waals surface area (Å²) in [5, 5.41) is 15.4. The van der Waals surface area contributed by atoms with Crippen LogP contribution in [0.1, 0.15) is 31.8 Å². The lowest BCUT2D eigenvalue weighted by atomic mass is 9.79. The molecule has 0 fully saturated rings. The van der Waals surface area contributed by atoms with Crippen molar-refractivity contribution in [2.45, 2.75) is 0 Å². The van der Waals surface area contributed by atoms with Crippen LogP contribution in [0.25, 0.3) is 75.4 Å². The van der Waals surface area contributed by atoms with Crippen LogP contribution in [0.4, 0.5) is 0 Å². The van der Waals surface area contributed by atoms with Crippen LogP contribution in [0.2, 0.25) is 0 Å². The zero-order chi connectivity index (χ0) is 29.1. The first-order valence-corrected chi connectivity index (χ1v) is 14.9. The normalized spacial score (nSPS) is 12.3. The average Bonchev–Trinajstić information content (AvgIpc) is 3.09. The number of hydrogen-bond donors (Lipinski definition) is 0. The molecule has 10 aromatic rings. The average molecular weight is 559 g/mol. The SMILES string of the molecule is O=C(c1ccccc1)c1cc2ccc3ccc4c(C(=O)c5ccc6ccccc6c5)cc5ccc6ccc1c1c6c5c4c3c21. The van der Waals surface area contributed by atoms with Gasteiger partial charge in [0, 0.05) is 22.3 Å². The minimum atomic E-state index is 0.0251. The van der Waals surface area contributed by atoms with Gasteiger partial charge in [0.2, 0.25) is 0 Å². The summed E-state index contributed by atoms with van der Waals surface area (Å²) in [6, 6.07) is 44.9. The predicted octanol–water partition coefficient (Wildman–Crippen LogP) is 10.5. The summed E-state index contributed by atoms with van der Waals surface area (Å²) in [6.07, 6.45) is 0. The number of ketones is 2.